The second-order valence-electron chi connectivity index (χ2n) is 7.89. The summed E-state index contributed by atoms with van der Waals surface area (Å²) in [7, 11) is 1.87. The zero-order valence-corrected chi connectivity index (χ0v) is 18.6. The summed E-state index contributed by atoms with van der Waals surface area (Å²) >= 11 is 0. The SMILES string of the molecule is CN=C(NCC1CCOC1c1ccccc1)NC1CCN(C2CC2)CC1.I. The highest BCUT2D eigenvalue weighted by Gasteiger charge is 2.32. The van der Waals surface area contributed by atoms with E-state index in [2.05, 4.69) is 50.9 Å². The van der Waals surface area contributed by atoms with E-state index in [9.17, 15) is 0 Å². The van der Waals surface area contributed by atoms with E-state index in [4.69, 9.17) is 4.74 Å². The maximum Gasteiger partial charge on any atom is 0.191 e. The van der Waals surface area contributed by atoms with Gasteiger partial charge in [0.1, 0.15) is 0 Å². The van der Waals surface area contributed by atoms with Crippen LogP contribution in [0.1, 0.15) is 43.8 Å². The quantitative estimate of drug-likeness (QED) is 0.383. The van der Waals surface area contributed by atoms with Crippen LogP contribution in [0.25, 0.3) is 0 Å². The van der Waals surface area contributed by atoms with E-state index in [0.29, 0.717) is 12.0 Å². The van der Waals surface area contributed by atoms with E-state index in [0.717, 1.165) is 31.6 Å². The number of aliphatic imine (C=N–C) groups is 1. The number of nitrogens with zero attached hydrogens (tertiary/aromatic N) is 2. The number of piperidine rings is 1. The summed E-state index contributed by atoms with van der Waals surface area (Å²) in [6.45, 7) is 4.20. The zero-order chi connectivity index (χ0) is 17.8. The van der Waals surface area contributed by atoms with Gasteiger partial charge in [0.2, 0.25) is 0 Å². The lowest BCUT2D eigenvalue weighted by Gasteiger charge is -2.33. The molecule has 2 atom stereocenters. The van der Waals surface area contributed by atoms with Gasteiger partial charge in [-0.3, -0.25) is 4.99 Å². The fourth-order valence-electron chi connectivity index (χ4n) is 4.32. The van der Waals surface area contributed by atoms with Gasteiger partial charge >= 0.3 is 0 Å². The highest BCUT2D eigenvalue weighted by Crippen LogP contribution is 2.34. The summed E-state index contributed by atoms with van der Waals surface area (Å²) in [6, 6.07) is 12.0. The van der Waals surface area contributed by atoms with Gasteiger partial charge in [0.25, 0.3) is 0 Å². The maximum absolute atomic E-state index is 6.00. The van der Waals surface area contributed by atoms with Crippen LogP contribution in [-0.2, 0) is 4.74 Å². The van der Waals surface area contributed by atoms with E-state index in [1.165, 1.54) is 44.3 Å². The predicted molar refractivity (Wildman–Crippen MR) is 121 cm³/mol. The highest BCUT2D eigenvalue weighted by molar-refractivity contribution is 14.0. The fraction of sp³-hybridized carbons (Fsp3) is 0.667. The molecule has 4 rings (SSSR count). The van der Waals surface area contributed by atoms with Crippen LogP contribution in [0, 0.1) is 5.92 Å². The van der Waals surface area contributed by atoms with Crippen molar-refractivity contribution in [2.45, 2.75) is 50.3 Å². The lowest BCUT2D eigenvalue weighted by molar-refractivity contribution is 0.0915. The lowest BCUT2D eigenvalue weighted by atomic mass is 9.95. The van der Waals surface area contributed by atoms with Crippen molar-refractivity contribution in [3.63, 3.8) is 0 Å². The van der Waals surface area contributed by atoms with Crippen molar-refractivity contribution in [1.29, 1.82) is 0 Å². The van der Waals surface area contributed by atoms with Crippen molar-refractivity contribution in [1.82, 2.24) is 15.5 Å². The van der Waals surface area contributed by atoms with Crippen LogP contribution < -0.4 is 10.6 Å². The molecule has 150 valence electrons. The molecule has 0 bridgehead atoms. The Morgan fingerprint density at radius 2 is 1.85 bits per heavy atom. The molecule has 0 amide bonds. The van der Waals surface area contributed by atoms with Gasteiger partial charge in [-0.2, -0.15) is 0 Å². The van der Waals surface area contributed by atoms with Gasteiger partial charge in [-0.1, -0.05) is 30.3 Å². The average molecular weight is 484 g/mol. The molecule has 0 radical (unpaired) electrons. The first-order chi connectivity index (χ1) is 12.8. The van der Waals surface area contributed by atoms with E-state index in [-0.39, 0.29) is 30.1 Å². The second-order valence-corrected chi connectivity index (χ2v) is 7.89. The summed E-state index contributed by atoms with van der Waals surface area (Å²) in [5.74, 6) is 1.43. The first-order valence-corrected chi connectivity index (χ1v) is 10.2. The lowest BCUT2D eigenvalue weighted by Crippen LogP contribution is -2.49. The van der Waals surface area contributed by atoms with Crippen LogP contribution >= 0.6 is 24.0 Å². The molecule has 2 aliphatic heterocycles. The largest absolute Gasteiger partial charge is 0.373 e. The summed E-state index contributed by atoms with van der Waals surface area (Å²) in [4.78, 5) is 7.11. The standard InChI is InChI=1S/C21H32N4O.HI/c1-22-21(24-18-9-12-25(13-10-18)19-7-8-19)23-15-17-11-14-26-20(17)16-5-3-2-4-6-16;/h2-6,17-20H,7-15H2,1H3,(H2,22,23,24);1H. The highest BCUT2D eigenvalue weighted by atomic mass is 127. The first kappa shape index (κ1) is 20.9. The van der Waals surface area contributed by atoms with Crippen LogP contribution in [0.2, 0.25) is 0 Å². The number of benzene rings is 1. The van der Waals surface area contributed by atoms with Gasteiger partial charge < -0.3 is 20.3 Å². The molecular formula is C21H33IN4O. The van der Waals surface area contributed by atoms with Gasteiger partial charge in [0.05, 0.1) is 6.10 Å². The predicted octanol–water partition coefficient (Wildman–Crippen LogP) is 3.17. The first-order valence-electron chi connectivity index (χ1n) is 10.2. The maximum atomic E-state index is 6.00. The third-order valence-corrected chi connectivity index (χ3v) is 6.03. The van der Waals surface area contributed by atoms with Crippen molar-refractivity contribution in [2.24, 2.45) is 10.9 Å². The Morgan fingerprint density at radius 3 is 2.52 bits per heavy atom. The number of hydrogen-bond donors (Lipinski definition) is 2. The van der Waals surface area contributed by atoms with Gasteiger partial charge in [0.15, 0.2) is 5.96 Å². The molecule has 1 saturated carbocycles. The van der Waals surface area contributed by atoms with Crippen LogP contribution in [-0.4, -0.2) is 56.2 Å². The molecule has 6 heteroatoms. The summed E-state index contributed by atoms with van der Waals surface area (Å²) in [5, 5.41) is 7.19. The third kappa shape index (κ3) is 5.57. The third-order valence-electron chi connectivity index (χ3n) is 6.03. The minimum Gasteiger partial charge on any atom is -0.373 e. The van der Waals surface area contributed by atoms with Gasteiger partial charge in [-0.05, 0) is 37.7 Å². The Hall–Kier alpha value is -0.860. The van der Waals surface area contributed by atoms with Crippen LogP contribution in [0.15, 0.2) is 35.3 Å². The molecule has 3 aliphatic rings. The Morgan fingerprint density at radius 1 is 1.11 bits per heavy atom. The molecule has 5 nitrogen and oxygen atoms in total. The molecule has 3 fully saturated rings. The minimum atomic E-state index is 0. The second kappa shape index (κ2) is 10.1. The number of guanidine groups is 1. The van der Waals surface area contributed by atoms with Crippen molar-refractivity contribution in [3.8, 4) is 0 Å². The van der Waals surface area contributed by atoms with Gasteiger partial charge in [0, 0.05) is 51.3 Å². The van der Waals surface area contributed by atoms with Crippen molar-refractivity contribution >= 4 is 29.9 Å². The number of likely N-dealkylation sites (tertiary alicyclic amines) is 1. The Kier molecular flexibility index (Phi) is 7.78. The molecule has 0 spiro atoms. The van der Waals surface area contributed by atoms with E-state index in [1.807, 2.05) is 7.05 Å². The molecule has 1 aromatic rings. The summed E-state index contributed by atoms with van der Waals surface area (Å²) in [6.07, 6.45) is 6.56. The monoisotopic (exact) mass is 484 g/mol. The Bertz CT molecular complexity index is 599. The molecule has 2 heterocycles. The molecule has 1 aromatic carbocycles. The van der Waals surface area contributed by atoms with E-state index in [1.54, 1.807) is 0 Å². The molecular weight excluding hydrogens is 451 g/mol. The number of ether oxygens (including phenoxy) is 1. The Balaban J connectivity index is 0.00000210. The van der Waals surface area contributed by atoms with Crippen molar-refractivity contribution in [2.75, 3.05) is 33.3 Å². The normalized spacial score (nSPS) is 27.2. The fourth-order valence-corrected chi connectivity index (χ4v) is 4.32. The van der Waals surface area contributed by atoms with Crippen LogP contribution in [0.5, 0.6) is 0 Å². The number of halogens is 1. The molecule has 1 aliphatic carbocycles. The summed E-state index contributed by atoms with van der Waals surface area (Å²) < 4.78 is 6.00. The van der Waals surface area contributed by atoms with E-state index >= 15 is 0 Å². The van der Waals surface area contributed by atoms with Crippen LogP contribution in [0.3, 0.4) is 0 Å². The van der Waals surface area contributed by atoms with Crippen LogP contribution in [0.4, 0.5) is 0 Å². The number of rotatable bonds is 5. The topological polar surface area (TPSA) is 48.9 Å². The number of nitrogens with one attached hydrogen (secondary N) is 2. The molecule has 2 unspecified atom stereocenters. The van der Waals surface area contributed by atoms with Gasteiger partial charge in [-0.25, -0.2) is 0 Å². The smallest absolute Gasteiger partial charge is 0.191 e. The molecule has 2 N–H and O–H groups in total. The molecule has 2 saturated heterocycles. The number of hydrogen-bond acceptors (Lipinski definition) is 3. The molecule has 0 aromatic heterocycles. The minimum absolute atomic E-state index is 0. The van der Waals surface area contributed by atoms with Crippen molar-refractivity contribution < 1.29 is 4.74 Å². The zero-order valence-electron chi connectivity index (χ0n) is 16.3. The molecule has 27 heavy (non-hydrogen) atoms. The Labute approximate surface area is 180 Å². The average Bonchev–Trinajstić information content (AvgIpc) is 3.44. The van der Waals surface area contributed by atoms with E-state index < -0.39 is 0 Å². The van der Waals surface area contributed by atoms with Gasteiger partial charge in [-0.15, -0.1) is 24.0 Å². The van der Waals surface area contributed by atoms with Crippen molar-refractivity contribution in [3.05, 3.63) is 35.9 Å². The summed E-state index contributed by atoms with van der Waals surface area (Å²) in [5.41, 5.74) is 1.28.